The molecule has 9 heteroatoms. The third-order valence-corrected chi connectivity index (χ3v) is 3.56. The lowest BCUT2D eigenvalue weighted by Crippen LogP contribution is -2.43. The molecule has 0 amide bonds. The van der Waals surface area contributed by atoms with Crippen LogP contribution in [0.4, 0.5) is 28.9 Å². The van der Waals surface area contributed by atoms with E-state index >= 15 is 0 Å². The van der Waals surface area contributed by atoms with Gasteiger partial charge in [-0.1, -0.05) is 0 Å². The number of anilines is 2. The molecule has 0 fully saturated rings. The number of nitrogens with zero attached hydrogens (tertiary/aromatic N) is 2. The van der Waals surface area contributed by atoms with Gasteiger partial charge in [-0.05, 0) is 48.5 Å². The normalized spacial score (nSPS) is 15.7. The maximum atomic E-state index is 12.3. The van der Waals surface area contributed by atoms with Gasteiger partial charge in [0.2, 0.25) is 0 Å². The van der Waals surface area contributed by atoms with Crippen LogP contribution in [0.2, 0.25) is 0 Å². The van der Waals surface area contributed by atoms with E-state index < -0.39 is 19.4 Å². The van der Waals surface area contributed by atoms with Crippen molar-refractivity contribution < 1.29 is 27.0 Å². The van der Waals surface area contributed by atoms with Crippen LogP contribution in [0.15, 0.2) is 59.7 Å². The number of aliphatic imine (C=N–C) groups is 1. The van der Waals surface area contributed by atoms with Crippen molar-refractivity contribution in [1.82, 2.24) is 5.32 Å². The number of alkyl halides is 4. The molecule has 0 bridgehead atoms. The third kappa shape index (κ3) is 4.90. The molecule has 1 radical (unpaired) electrons. The molecule has 0 spiro atoms. The zero-order valence-electron chi connectivity index (χ0n) is 13.7. The Kier molecular flexibility index (Phi) is 5.80. The van der Waals surface area contributed by atoms with Crippen LogP contribution < -0.4 is 19.7 Å². The summed E-state index contributed by atoms with van der Waals surface area (Å²) in [7, 11) is 0. The molecule has 0 aromatic heterocycles. The van der Waals surface area contributed by atoms with Crippen LogP contribution in [0.25, 0.3) is 0 Å². The standard InChI is InChI=1S/C18H14F4N3O2/c19-17(20)26-14-5-1-12(2-6-14)25(16-11-23-9-10-24-16)13-3-7-15(8-4-13)27-18(21)22/h1-9,11,16-18,24H. The Morgan fingerprint density at radius 2 is 1.33 bits per heavy atom. The minimum absolute atomic E-state index is 0.0195. The van der Waals surface area contributed by atoms with Gasteiger partial charge in [-0.3, -0.25) is 4.99 Å². The van der Waals surface area contributed by atoms with Crippen LogP contribution in [0, 0.1) is 6.20 Å². The average molecular weight is 380 g/mol. The van der Waals surface area contributed by atoms with Crippen molar-refractivity contribution in [2.24, 2.45) is 4.99 Å². The fourth-order valence-electron chi connectivity index (χ4n) is 2.50. The molecule has 2 aromatic rings. The van der Waals surface area contributed by atoms with Crippen molar-refractivity contribution in [3.05, 3.63) is 60.9 Å². The second kappa shape index (κ2) is 8.43. The molecular formula is C18H14F4N3O2. The van der Waals surface area contributed by atoms with Crippen LogP contribution in [-0.4, -0.2) is 25.6 Å². The highest BCUT2D eigenvalue weighted by molar-refractivity contribution is 5.78. The summed E-state index contributed by atoms with van der Waals surface area (Å²) in [6, 6.07) is 12.0. The second-order valence-corrected chi connectivity index (χ2v) is 5.28. The summed E-state index contributed by atoms with van der Waals surface area (Å²) in [6.07, 6.45) is 5.40. The third-order valence-electron chi connectivity index (χ3n) is 3.56. The molecule has 5 nitrogen and oxygen atoms in total. The lowest BCUT2D eigenvalue weighted by atomic mass is 10.2. The van der Waals surface area contributed by atoms with E-state index in [1.54, 1.807) is 35.4 Å². The minimum Gasteiger partial charge on any atom is -0.435 e. The lowest BCUT2D eigenvalue weighted by molar-refractivity contribution is -0.0505. The first-order chi connectivity index (χ1) is 13.0. The van der Waals surface area contributed by atoms with Crippen molar-refractivity contribution in [2.45, 2.75) is 19.4 Å². The Hall–Kier alpha value is -3.23. The first-order valence-electron chi connectivity index (χ1n) is 7.78. The molecule has 1 heterocycles. The number of ether oxygens (including phenoxy) is 2. The van der Waals surface area contributed by atoms with Gasteiger partial charge in [0.25, 0.3) is 0 Å². The van der Waals surface area contributed by atoms with Gasteiger partial charge in [0, 0.05) is 17.6 Å². The van der Waals surface area contributed by atoms with Gasteiger partial charge >= 0.3 is 13.2 Å². The predicted molar refractivity (Wildman–Crippen MR) is 91.5 cm³/mol. The highest BCUT2D eigenvalue weighted by Gasteiger charge is 2.20. The Morgan fingerprint density at radius 1 is 0.852 bits per heavy atom. The maximum absolute atomic E-state index is 12.3. The molecular weight excluding hydrogens is 366 g/mol. The molecule has 1 N–H and O–H groups in total. The van der Waals surface area contributed by atoms with E-state index in [0.717, 1.165) is 0 Å². The van der Waals surface area contributed by atoms with E-state index in [-0.39, 0.29) is 11.5 Å². The van der Waals surface area contributed by atoms with Crippen molar-refractivity contribution in [3.63, 3.8) is 0 Å². The van der Waals surface area contributed by atoms with Crippen LogP contribution in [0.1, 0.15) is 0 Å². The van der Waals surface area contributed by atoms with E-state index in [0.29, 0.717) is 11.4 Å². The first-order valence-corrected chi connectivity index (χ1v) is 7.78. The summed E-state index contributed by atoms with van der Waals surface area (Å²) in [5.41, 5.74) is 1.26. The Labute approximate surface area is 152 Å². The molecule has 1 aliphatic heterocycles. The highest BCUT2D eigenvalue weighted by atomic mass is 19.3. The number of halogens is 4. The SMILES string of the molecule is FC(F)Oc1ccc(N(c2ccc(OC(F)F)cc2)C2C=NC=[C]N2)cc1. The zero-order chi connectivity index (χ0) is 19.2. The molecule has 1 aliphatic rings. The minimum atomic E-state index is -2.92. The number of hydrogen-bond donors (Lipinski definition) is 1. The van der Waals surface area contributed by atoms with Gasteiger partial charge < -0.3 is 19.7 Å². The van der Waals surface area contributed by atoms with E-state index in [1.807, 2.05) is 0 Å². The van der Waals surface area contributed by atoms with Crippen molar-refractivity contribution >= 4 is 17.6 Å². The van der Waals surface area contributed by atoms with Crippen LogP contribution in [0.3, 0.4) is 0 Å². The molecule has 0 saturated carbocycles. The smallest absolute Gasteiger partial charge is 0.387 e. The number of benzene rings is 2. The summed E-state index contributed by atoms with van der Waals surface area (Å²) in [6.45, 7) is -5.83. The van der Waals surface area contributed by atoms with E-state index in [4.69, 9.17) is 0 Å². The largest absolute Gasteiger partial charge is 0.435 e. The zero-order valence-corrected chi connectivity index (χ0v) is 13.7. The molecule has 27 heavy (non-hydrogen) atoms. The van der Waals surface area contributed by atoms with Gasteiger partial charge in [0.1, 0.15) is 17.7 Å². The number of nitrogens with one attached hydrogen (secondary N) is 1. The van der Waals surface area contributed by atoms with Gasteiger partial charge in [-0.15, -0.1) is 0 Å². The summed E-state index contributed by atoms with van der Waals surface area (Å²) in [4.78, 5) is 5.81. The van der Waals surface area contributed by atoms with Crippen LogP contribution in [0.5, 0.6) is 11.5 Å². The first kappa shape index (κ1) is 18.6. The summed E-state index contributed by atoms with van der Waals surface area (Å²) < 4.78 is 58.0. The predicted octanol–water partition coefficient (Wildman–Crippen LogP) is 4.30. The van der Waals surface area contributed by atoms with Gasteiger partial charge in [-0.25, -0.2) is 0 Å². The van der Waals surface area contributed by atoms with E-state index in [2.05, 4.69) is 26.0 Å². The maximum Gasteiger partial charge on any atom is 0.387 e. The molecule has 3 rings (SSSR count). The molecule has 2 aromatic carbocycles. The molecule has 1 atom stereocenters. The Balaban J connectivity index is 1.89. The second-order valence-electron chi connectivity index (χ2n) is 5.28. The topological polar surface area (TPSA) is 46.1 Å². The van der Waals surface area contributed by atoms with Gasteiger partial charge in [0.15, 0.2) is 0 Å². The highest BCUT2D eigenvalue weighted by Crippen LogP contribution is 2.31. The quantitative estimate of drug-likeness (QED) is 0.728. The number of rotatable bonds is 7. The van der Waals surface area contributed by atoms with E-state index in [9.17, 15) is 17.6 Å². The molecule has 0 aliphatic carbocycles. The van der Waals surface area contributed by atoms with Crippen molar-refractivity contribution in [2.75, 3.05) is 4.90 Å². The van der Waals surface area contributed by atoms with E-state index in [1.165, 1.54) is 30.5 Å². The molecule has 0 saturated heterocycles. The van der Waals surface area contributed by atoms with Crippen molar-refractivity contribution in [1.29, 1.82) is 0 Å². The van der Waals surface area contributed by atoms with Gasteiger partial charge in [0.05, 0.1) is 12.4 Å². The fourth-order valence-corrected chi connectivity index (χ4v) is 2.50. The fraction of sp³-hybridized carbons (Fsp3) is 0.167. The Morgan fingerprint density at radius 3 is 1.70 bits per heavy atom. The van der Waals surface area contributed by atoms with Crippen LogP contribution in [-0.2, 0) is 0 Å². The van der Waals surface area contributed by atoms with Gasteiger partial charge in [-0.2, -0.15) is 17.6 Å². The monoisotopic (exact) mass is 380 g/mol. The summed E-state index contributed by atoms with van der Waals surface area (Å²) in [5, 5.41) is 2.98. The lowest BCUT2D eigenvalue weighted by Gasteiger charge is -2.32. The Bertz CT molecular complexity index is 742. The molecule has 141 valence electrons. The summed E-state index contributed by atoms with van der Waals surface area (Å²) in [5.74, 6) is 0.0391. The van der Waals surface area contributed by atoms with Crippen LogP contribution >= 0.6 is 0 Å². The molecule has 1 unspecified atom stereocenters. The number of hydrogen-bond acceptors (Lipinski definition) is 5. The summed E-state index contributed by atoms with van der Waals surface area (Å²) >= 11 is 0. The average Bonchev–Trinajstić information content (AvgIpc) is 2.65. The van der Waals surface area contributed by atoms with Crippen molar-refractivity contribution in [3.8, 4) is 11.5 Å².